The lowest BCUT2D eigenvalue weighted by Gasteiger charge is -2.35. The number of terminal acetylenes is 1. The summed E-state index contributed by atoms with van der Waals surface area (Å²) in [6, 6.07) is 0. The molecule has 0 N–H and O–H groups in total. The molecule has 0 aromatic heterocycles. The van der Waals surface area contributed by atoms with Crippen molar-refractivity contribution in [2.75, 3.05) is 33.8 Å². The van der Waals surface area contributed by atoms with Crippen molar-refractivity contribution in [1.82, 2.24) is 0 Å². The number of likely N-dealkylation sites (N-methyl/N-ethyl adjacent to an activating group) is 1. The number of hydrogen-bond donors (Lipinski definition) is 0. The molecular weight excluding hydrogens is 178 g/mol. The minimum Gasteiger partial charge on any atom is -0.465 e. The van der Waals surface area contributed by atoms with Gasteiger partial charge in [-0.1, -0.05) is 6.08 Å². The van der Waals surface area contributed by atoms with Gasteiger partial charge in [0.05, 0.1) is 26.3 Å². The fourth-order valence-electron chi connectivity index (χ4n) is 1.74. The van der Waals surface area contributed by atoms with Gasteiger partial charge in [-0.2, -0.15) is 0 Å². The second-order valence-electron chi connectivity index (χ2n) is 3.87. The molecule has 0 amide bonds. The molecule has 1 rings (SSSR count). The summed E-state index contributed by atoms with van der Waals surface area (Å²) in [5.74, 6) is 2.42. The normalized spacial score (nSPS) is 26.2. The predicted octanol–water partition coefficient (Wildman–Crippen LogP) is 0.569. The van der Waals surface area contributed by atoms with Crippen LogP contribution in [0.4, 0.5) is 0 Å². The third kappa shape index (κ3) is 2.36. The highest BCUT2D eigenvalue weighted by Gasteiger charge is 2.28. The van der Waals surface area contributed by atoms with Gasteiger partial charge in [-0.3, -0.25) is 0 Å². The topological polar surface area (TPSA) is 26.3 Å². The molecule has 0 saturated carbocycles. The number of esters is 1. The fraction of sp³-hybridized carbons (Fsp3) is 0.545. The number of carbonyl (C=O) groups is 1. The lowest BCUT2D eigenvalue weighted by Crippen LogP contribution is -2.49. The Labute approximate surface area is 84.9 Å². The van der Waals surface area contributed by atoms with E-state index in [0.29, 0.717) is 13.1 Å². The van der Waals surface area contributed by atoms with E-state index in [9.17, 15) is 4.79 Å². The Kier molecular flexibility index (Phi) is 3.32. The Bertz CT molecular complexity index is 301. The number of quaternary nitrogens is 1. The summed E-state index contributed by atoms with van der Waals surface area (Å²) in [4.78, 5) is 11.3. The van der Waals surface area contributed by atoms with Crippen molar-refractivity contribution < 1.29 is 14.0 Å². The fourth-order valence-corrected chi connectivity index (χ4v) is 1.74. The zero-order chi connectivity index (χ0) is 10.6. The number of ether oxygens (including phenoxy) is 1. The molecule has 0 saturated heterocycles. The van der Waals surface area contributed by atoms with Gasteiger partial charge < -0.3 is 9.22 Å². The number of methoxy groups -OCH3 is 1. The Morgan fingerprint density at radius 2 is 2.50 bits per heavy atom. The van der Waals surface area contributed by atoms with E-state index in [0.717, 1.165) is 23.0 Å². The summed E-state index contributed by atoms with van der Waals surface area (Å²) in [5.41, 5.74) is 0.747. The maximum atomic E-state index is 11.3. The van der Waals surface area contributed by atoms with Crippen LogP contribution < -0.4 is 0 Å². The third-order valence-electron chi connectivity index (χ3n) is 2.53. The first kappa shape index (κ1) is 10.8. The van der Waals surface area contributed by atoms with Gasteiger partial charge in [0.2, 0.25) is 0 Å². The van der Waals surface area contributed by atoms with Gasteiger partial charge in [0, 0.05) is 6.42 Å². The van der Waals surface area contributed by atoms with Gasteiger partial charge >= 0.3 is 5.97 Å². The predicted molar refractivity (Wildman–Crippen MR) is 54.3 cm³/mol. The molecule has 76 valence electrons. The van der Waals surface area contributed by atoms with Crippen molar-refractivity contribution in [2.45, 2.75) is 6.42 Å². The molecular formula is C11H16NO2+. The molecule has 0 spiro atoms. The van der Waals surface area contributed by atoms with Crippen LogP contribution in [0.3, 0.4) is 0 Å². The second kappa shape index (κ2) is 4.30. The average Bonchev–Trinajstić information content (AvgIpc) is 2.16. The Morgan fingerprint density at radius 1 is 1.79 bits per heavy atom. The van der Waals surface area contributed by atoms with Crippen LogP contribution in [-0.2, 0) is 9.53 Å². The zero-order valence-electron chi connectivity index (χ0n) is 8.75. The monoisotopic (exact) mass is 194 g/mol. The SMILES string of the molecule is C#CC[N+]1(C)CCC=C(C(=O)OC)C1. The minimum atomic E-state index is -0.230. The molecule has 0 aromatic carbocycles. The van der Waals surface area contributed by atoms with Crippen LogP contribution in [0, 0.1) is 12.3 Å². The van der Waals surface area contributed by atoms with Crippen LogP contribution in [0.2, 0.25) is 0 Å². The molecule has 1 aliphatic heterocycles. The second-order valence-corrected chi connectivity index (χ2v) is 3.87. The molecule has 0 radical (unpaired) electrons. The zero-order valence-corrected chi connectivity index (χ0v) is 8.75. The molecule has 3 heteroatoms. The number of hydrogen-bond acceptors (Lipinski definition) is 2. The maximum absolute atomic E-state index is 11.3. The van der Waals surface area contributed by atoms with Crippen LogP contribution in [0.15, 0.2) is 11.6 Å². The van der Waals surface area contributed by atoms with E-state index < -0.39 is 0 Å². The molecule has 0 aliphatic carbocycles. The first-order valence-electron chi connectivity index (χ1n) is 4.66. The molecule has 0 aromatic rings. The molecule has 1 unspecified atom stereocenters. The van der Waals surface area contributed by atoms with E-state index in [1.807, 2.05) is 6.08 Å². The van der Waals surface area contributed by atoms with Gasteiger partial charge in [-0.25, -0.2) is 4.79 Å². The van der Waals surface area contributed by atoms with Crippen molar-refractivity contribution in [3.8, 4) is 12.3 Å². The van der Waals surface area contributed by atoms with Crippen LogP contribution in [0.1, 0.15) is 6.42 Å². The van der Waals surface area contributed by atoms with E-state index in [1.54, 1.807) is 0 Å². The molecule has 1 atom stereocenters. The number of carbonyl (C=O) groups excluding carboxylic acids is 1. The third-order valence-corrected chi connectivity index (χ3v) is 2.53. The molecule has 0 fully saturated rings. The Morgan fingerprint density at radius 3 is 3.07 bits per heavy atom. The van der Waals surface area contributed by atoms with Crippen LogP contribution in [-0.4, -0.2) is 44.2 Å². The first-order chi connectivity index (χ1) is 6.61. The van der Waals surface area contributed by atoms with Crippen LogP contribution >= 0.6 is 0 Å². The van der Waals surface area contributed by atoms with Gasteiger partial charge in [0.15, 0.2) is 0 Å². The highest BCUT2D eigenvalue weighted by atomic mass is 16.5. The van der Waals surface area contributed by atoms with Crippen molar-refractivity contribution in [3.05, 3.63) is 11.6 Å². The molecule has 0 bridgehead atoms. The molecule has 3 nitrogen and oxygen atoms in total. The molecule has 14 heavy (non-hydrogen) atoms. The summed E-state index contributed by atoms with van der Waals surface area (Å²) in [7, 11) is 3.47. The van der Waals surface area contributed by atoms with Gasteiger partial charge in [-0.15, -0.1) is 6.42 Å². The van der Waals surface area contributed by atoms with Crippen LogP contribution in [0.25, 0.3) is 0 Å². The summed E-state index contributed by atoms with van der Waals surface area (Å²) in [5, 5.41) is 0. The van der Waals surface area contributed by atoms with Crippen molar-refractivity contribution >= 4 is 5.97 Å². The average molecular weight is 194 g/mol. The summed E-state index contributed by atoms with van der Waals surface area (Å²) >= 11 is 0. The highest BCUT2D eigenvalue weighted by Crippen LogP contribution is 2.16. The quantitative estimate of drug-likeness (QED) is 0.365. The molecule has 1 aliphatic rings. The number of rotatable bonds is 2. The molecule has 1 heterocycles. The summed E-state index contributed by atoms with van der Waals surface area (Å²) in [6.07, 6.45) is 8.14. The lowest BCUT2D eigenvalue weighted by molar-refractivity contribution is -0.899. The first-order valence-corrected chi connectivity index (χ1v) is 4.66. The van der Waals surface area contributed by atoms with E-state index in [2.05, 4.69) is 13.0 Å². The minimum absolute atomic E-state index is 0.230. The summed E-state index contributed by atoms with van der Waals surface area (Å²) < 4.78 is 5.43. The van der Waals surface area contributed by atoms with Crippen molar-refractivity contribution in [3.63, 3.8) is 0 Å². The van der Waals surface area contributed by atoms with Crippen LogP contribution in [0.5, 0.6) is 0 Å². The smallest absolute Gasteiger partial charge is 0.339 e. The lowest BCUT2D eigenvalue weighted by atomic mass is 10.1. The van der Waals surface area contributed by atoms with Crippen molar-refractivity contribution in [1.29, 1.82) is 0 Å². The standard InChI is InChI=1S/C11H16NO2/c1-4-7-12(2)8-5-6-10(9-12)11(13)14-3/h1,6H,5,7-9H2,2-3H3/q+1. The van der Waals surface area contributed by atoms with Gasteiger partial charge in [0.1, 0.15) is 13.1 Å². The largest absolute Gasteiger partial charge is 0.465 e. The van der Waals surface area contributed by atoms with E-state index in [1.165, 1.54) is 7.11 Å². The van der Waals surface area contributed by atoms with E-state index >= 15 is 0 Å². The highest BCUT2D eigenvalue weighted by molar-refractivity contribution is 5.88. The summed E-state index contributed by atoms with van der Waals surface area (Å²) in [6.45, 7) is 2.33. The Hall–Kier alpha value is -1.27. The van der Waals surface area contributed by atoms with Gasteiger partial charge in [-0.05, 0) is 5.92 Å². The van der Waals surface area contributed by atoms with Gasteiger partial charge in [0.25, 0.3) is 0 Å². The Balaban J connectivity index is 2.72. The van der Waals surface area contributed by atoms with Crippen molar-refractivity contribution in [2.24, 2.45) is 0 Å². The van der Waals surface area contributed by atoms with E-state index in [-0.39, 0.29) is 5.97 Å². The van der Waals surface area contributed by atoms with E-state index in [4.69, 9.17) is 11.2 Å². The maximum Gasteiger partial charge on any atom is 0.339 e. The number of nitrogens with zero attached hydrogens (tertiary/aromatic N) is 1.